The lowest BCUT2D eigenvalue weighted by Gasteiger charge is -2.23. The van der Waals surface area contributed by atoms with Gasteiger partial charge in [-0.1, -0.05) is 26.7 Å². The molecule has 1 aromatic heterocycles. The smallest absolute Gasteiger partial charge is 0.196 e. The second-order valence-corrected chi connectivity index (χ2v) is 6.57. The molecule has 0 saturated carbocycles. The first kappa shape index (κ1) is 22.8. The van der Waals surface area contributed by atoms with Gasteiger partial charge in [-0.15, -0.1) is 0 Å². The summed E-state index contributed by atoms with van der Waals surface area (Å²) in [6.45, 7) is 5.69. The van der Waals surface area contributed by atoms with Crippen LogP contribution in [0, 0.1) is 17.6 Å². The van der Waals surface area contributed by atoms with Gasteiger partial charge in [-0.3, -0.25) is 4.79 Å². The molecular weight excluding hydrogens is 348 g/mol. The normalized spacial score (nSPS) is 11.7. The van der Waals surface area contributed by atoms with Crippen molar-refractivity contribution in [3.05, 3.63) is 59.7 Å². The zero-order valence-corrected chi connectivity index (χ0v) is 16.3. The zero-order chi connectivity index (χ0) is 20.2. The van der Waals surface area contributed by atoms with E-state index in [1.165, 1.54) is 19.1 Å². The Morgan fingerprint density at radius 1 is 1.11 bits per heavy atom. The number of benzene rings is 1. The minimum Gasteiger partial charge on any atom is -0.327 e. The molecule has 2 rings (SSSR count). The summed E-state index contributed by atoms with van der Waals surface area (Å²) in [7, 11) is 0. The van der Waals surface area contributed by atoms with Gasteiger partial charge in [0, 0.05) is 25.4 Å². The van der Waals surface area contributed by atoms with Crippen molar-refractivity contribution in [1.29, 1.82) is 0 Å². The average Bonchev–Trinajstić information content (AvgIpc) is 2.65. The van der Waals surface area contributed by atoms with Crippen LogP contribution in [0.2, 0.25) is 0 Å². The number of ketones is 1. The van der Waals surface area contributed by atoms with Crippen LogP contribution >= 0.6 is 0 Å². The van der Waals surface area contributed by atoms with Crippen LogP contribution in [0.4, 0.5) is 8.78 Å². The third-order valence-electron chi connectivity index (χ3n) is 4.27. The van der Waals surface area contributed by atoms with Crippen LogP contribution in [-0.2, 0) is 6.42 Å². The lowest BCUT2D eigenvalue weighted by atomic mass is 9.87. The molecule has 27 heavy (non-hydrogen) atoms. The highest BCUT2D eigenvalue weighted by molar-refractivity contribution is 5.89. The van der Waals surface area contributed by atoms with Gasteiger partial charge in [0.1, 0.15) is 11.6 Å². The van der Waals surface area contributed by atoms with Crippen molar-refractivity contribution in [2.24, 2.45) is 11.7 Å². The quantitative estimate of drug-likeness (QED) is 0.675. The molecule has 0 fully saturated rings. The van der Waals surface area contributed by atoms with E-state index >= 15 is 0 Å². The average molecular weight is 377 g/mol. The molecular formula is C21H29F2N3O. The molecule has 6 heteroatoms. The molecule has 4 nitrogen and oxygen atoms in total. The van der Waals surface area contributed by atoms with Crippen LogP contribution in [0.25, 0.3) is 0 Å². The van der Waals surface area contributed by atoms with Crippen LogP contribution in [0.1, 0.15) is 62.6 Å². The Morgan fingerprint density at radius 2 is 1.70 bits per heavy atom. The standard InChI is InChI=1S/C15H23F2N.C6H6N2O/c1-3-5-11(6-4-2)15(18)10-12-9-13(16)7-8-14(12)17;1-5(9)6-7-3-2-4-8-6/h7-9,11,15H,3-6,10,18H2,1-2H3;2-4H,1H3. The molecule has 0 radical (unpaired) electrons. The van der Waals surface area contributed by atoms with E-state index in [9.17, 15) is 13.6 Å². The maximum absolute atomic E-state index is 13.5. The Morgan fingerprint density at radius 3 is 2.19 bits per heavy atom. The number of hydrogen-bond donors (Lipinski definition) is 1. The highest BCUT2D eigenvalue weighted by Crippen LogP contribution is 2.21. The fraction of sp³-hybridized carbons (Fsp3) is 0.476. The molecule has 0 bridgehead atoms. The fourth-order valence-electron chi connectivity index (χ4n) is 2.92. The molecule has 2 N–H and O–H groups in total. The zero-order valence-electron chi connectivity index (χ0n) is 16.3. The molecule has 1 heterocycles. The number of rotatable bonds is 8. The number of hydrogen-bond acceptors (Lipinski definition) is 4. The predicted molar refractivity (Wildman–Crippen MR) is 103 cm³/mol. The van der Waals surface area contributed by atoms with Crippen molar-refractivity contribution in [2.45, 2.75) is 58.9 Å². The summed E-state index contributed by atoms with van der Waals surface area (Å²) in [5.41, 5.74) is 6.54. The molecule has 0 saturated heterocycles. The number of nitrogens with zero attached hydrogens (tertiary/aromatic N) is 2. The predicted octanol–water partition coefficient (Wildman–Crippen LogP) is 4.73. The molecule has 1 aromatic carbocycles. The third kappa shape index (κ3) is 8.35. The summed E-state index contributed by atoms with van der Waals surface area (Å²) in [5, 5.41) is 0. The van der Waals surface area contributed by atoms with Gasteiger partial charge >= 0.3 is 0 Å². The number of Topliss-reactive ketones (excluding diaryl/α,β-unsaturated/α-hetero) is 1. The van der Waals surface area contributed by atoms with Gasteiger partial charge in [0.15, 0.2) is 11.6 Å². The number of carbonyl (C=O) groups is 1. The summed E-state index contributed by atoms with van der Waals surface area (Å²) >= 11 is 0. The molecule has 0 aliphatic carbocycles. The Bertz CT molecular complexity index is 689. The molecule has 1 atom stereocenters. The third-order valence-corrected chi connectivity index (χ3v) is 4.27. The minimum absolute atomic E-state index is 0.0961. The summed E-state index contributed by atoms with van der Waals surface area (Å²) in [5.74, 6) is -0.199. The first-order valence-corrected chi connectivity index (χ1v) is 9.36. The van der Waals surface area contributed by atoms with Gasteiger partial charge in [0.25, 0.3) is 0 Å². The topological polar surface area (TPSA) is 68.9 Å². The van der Waals surface area contributed by atoms with Crippen LogP contribution < -0.4 is 5.73 Å². The van der Waals surface area contributed by atoms with Crippen LogP contribution in [0.15, 0.2) is 36.7 Å². The highest BCUT2D eigenvalue weighted by atomic mass is 19.1. The Kier molecular flexibility index (Phi) is 10.3. The molecule has 0 aliphatic rings. The molecule has 2 aromatic rings. The second kappa shape index (κ2) is 12.2. The molecule has 0 aliphatic heterocycles. The van der Waals surface area contributed by atoms with E-state index < -0.39 is 5.82 Å². The van der Waals surface area contributed by atoms with Crippen LogP contribution in [-0.4, -0.2) is 21.8 Å². The van der Waals surface area contributed by atoms with Crippen LogP contribution in [0.5, 0.6) is 0 Å². The van der Waals surface area contributed by atoms with Crippen molar-refractivity contribution >= 4 is 5.78 Å². The van der Waals surface area contributed by atoms with Crippen molar-refractivity contribution in [1.82, 2.24) is 9.97 Å². The Balaban J connectivity index is 0.000000337. The summed E-state index contributed by atoms with van der Waals surface area (Å²) in [6.07, 6.45) is 7.74. The monoisotopic (exact) mass is 377 g/mol. The molecule has 1 unspecified atom stereocenters. The van der Waals surface area contributed by atoms with Gasteiger partial charge in [0.05, 0.1) is 0 Å². The van der Waals surface area contributed by atoms with E-state index in [1.807, 2.05) is 0 Å². The minimum atomic E-state index is -0.402. The van der Waals surface area contributed by atoms with E-state index in [0.717, 1.165) is 31.7 Å². The largest absolute Gasteiger partial charge is 0.327 e. The van der Waals surface area contributed by atoms with E-state index in [1.54, 1.807) is 18.5 Å². The van der Waals surface area contributed by atoms with E-state index in [-0.39, 0.29) is 23.5 Å². The van der Waals surface area contributed by atoms with E-state index in [0.29, 0.717) is 17.9 Å². The molecule has 148 valence electrons. The summed E-state index contributed by atoms with van der Waals surface area (Å²) in [6, 6.07) is 5.14. The first-order chi connectivity index (χ1) is 12.9. The SMILES string of the molecule is CC(=O)c1ncccn1.CCCC(CCC)C(N)Cc1cc(F)ccc1F. The highest BCUT2D eigenvalue weighted by Gasteiger charge is 2.18. The van der Waals surface area contributed by atoms with Crippen molar-refractivity contribution in [3.63, 3.8) is 0 Å². The number of nitrogens with two attached hydrogens (primary N) is 1. The van der Waals surface area contributed by atoms with E-state index in [2.05, 4.69) is 23.8 Å². The Hall–Kier alpha value is -2.21. The first-order valence-electron chi connectivity index (χ1n) is 9.36. The number of aromatic nitrogens is 2. The molecule has 0 amide bonds. The Labute approximate surface area is 160 Å². The van der Waals surface area contributed by atoms with Gasteiger partial charge in [-0.2, -0.15) is 0 Å². The van der Waals surface area contributed by atoms with E-state index in [4.69, 9.17) is 5.73 Å². The van der Waals surface area contributed by atoms with Gasteiger partial charge in [-0.25, -0.2) is 18.7 Å². The summed E-state index contributed by atoms with van der Waals surface area (Å²) in [4.78, 5) is 18.0. The fourth-order valence-corrected chi connectivity index (χ4v) is 2.92. The van der Waals surface area contributed by atoms with Crippen molar-refractivity contribution < 1.29 is 13.6 Å². The summed E-state index contributed by atoms with van der Waals surface area (Å²) < 4.78 is 26.6. The lowest BCUT2D eigenvalue weighted by molar-refractivity contribution is 0.100. The van der Waals surface area contributed by atoms with Crippen molar-refractivity contribution in [2.75, 3.05) is 0 Å². The van der Waals surface area contributed by atoms with Crippen LogP contribution in [0.3, 0.4) is 0 Å². The maximum Gasteiger partial charge on any atom is 0.196 e. The number of carbonyl (C=O) groups excluding carboxylic acids is 1. The van der Waals surface area contributed by atoms with Gasteiger partial charge in [0.2, 0.25) is 0 Å². The number of halogens is 2. The molecule has 0 spiro atoms. The second-order valence-electron chi connectivity index (χ2n) is 6.57. The lowest BCUT2D eigenvalue weighted by Crippen LogP contribution is -2.32. The maximum atomic E-state index is 13.5. The van der Waals surface area contributed by atoms with Crippen molar-refractivity contribution in [3.8, 4) is 0 Å². The van der Waals surface area contributed by atoms with Gasteiger partial charge in [-0.05, 0) is 55.0 Å². The van der Waals surface area contributed by atoms with Gasteiger partial charge < -0.3 is 5.73 Å².